The summed E-state index contributed by atoms with van der Waals surface area (Å²) in [6, 6.07) is 15.0. The zero-order chi connectivity index (χ0) is 19.4. The van der Waals surface area contributed by atoms with Crippen molar-refractivity contribution in [3.63, 3.8) is 0 Å². The van der Waals surface area contributed by atoms with Gasteiger partial charge in [-0.2, -0.15) is 0 Å². The fourth-order valence-electron chi connectivity index (χ4n) is 2.53. The Morgan fingerprint density at radius 3 is 2.59 bits per heavy atom. The molecule has 1 heterocycles. The Morgan fingerprint density at radius 1 is 1.19 bits per heavy atom. The lowest BCUT2D eigenvalue weighted by Crippen LogP contribution is -2.30. The maximum absolute atomic E-state index is 12.1. The van der Waals surface area contributed by atoms with Crippen LogP contribution in [0, 0.1) is 0 Å². The van der Waals surface area contributed by atoms with Crippen molar-refractivity contribution in [2.24, 2.45) is 0 Å². The van der Waals surface area contributed by atoms with Crippen LogP contribution in [0.3, 0.4) is 0 Å². The normalized spacial score (nSPS) is 12.0. The van der Waals surface area contributed by atoms with E-state index in [1.165, 1.54) is 11.8 Å². The first kappa shape index (κ1) is 19.7. The van der Waals surface area contributed by atoms with E-state index in [4.69, 9.17) is 23.2 Å². The molecule has 5 nitrogen and oxygen atoms in total. The van der Waals surface area contributed by atoms with Gasteiger partial charge in [-0.1, -0.05) is 53.2 Å². The first-order chi connectivity index (χ1) is 13.0. The number of aromatic nitrogens is 3. The lowest BCUT2D eigenvalue weighted by molar-refractivity contribution is -0.120. The molecule has 1 N–H and O–H groups in total. The lowest BCUT2D eigenvalue weighted by Gasteiger charge is -2.14. The Morgan fingerprint density at radius 2 is 1.93 bits per heavy atom. The number of hydrogen-bond acceptors (Lipinski definition) is 4. The van der Waals surface area contributed by atoms with Crippen molar-refractivity contribution in [1.82, 2.24) is 20.1 Å². The minimum Gasteiger partial charge on any atom is -0.355 e. The summed E-state index contributed by atoms with van der Waals surface area (Å²) >= 11 is 13.8. The van der Waals surface area contributed by atoms with E-state index in [0.717, 1.165) is 11.3 Å². The number of thioether (sulfide) groups is 1. The first-order valence-corrected chi connectivity index (χ1v) is 10.1. The number of carbonyl (C=O) groups excluding carboxylic acids is 1. The molecule has 140 valence electrons. The van der Waals surface area contributed by atoms with Crippen LogP contribution in [0.5, 0.6) is 0 Å². The summed E-state index contributed by atoms with van der Waals surface area (Å²) in [5.41, 5.74) is 1.60. The van der Waals surface area contributed by atoms with Gasteiger partial charge in [-0.3, -0.25) is 9.36 Å². The van der Waals surface area contributed by atoms with Crippen molar-refractivity contribution >= 4 is 40.9 Å². The molecule has 0 saturated heterocycles. The van der Waals surface area contributed by atoms with Crippen molar-refractivity contribution in [1.29, 1.82) is 0 Å². The van der Waals surface area contributed by atoms with E-state index in [0.29, 0.717) is 27.6 Å². The molecule has 1 amide bonds. The molecule has 2 aromatic carbocycles. The molecule has 3 rings (SSSR count). The van der Waals surface area contributed by atoms with Gasteiger partial charge in [0.1, 0.15) is 0 Å². The number of para-hydroxylation sites is 1. The van der Waals surface area contributed by atoms with Crippen LogP contribution in [0.4, 0.5) is 0 Å². The Bertz CT molecular complexity index is 946. The molecule has 8 heteroatoms. The highest BCUT2D eigenvalue weighted by atomic mass is 35.5. The zero-order valence-electron chi connectivity index (χ0n) is 14.8. The van der Waals surface area contributed by atoms with Crippen molar-refractivity contribution in [2.45, 2.75) is 24.3 Å². The maximum Gasteiger partial charge on any atom is 0.233 e. The monoisotopic (exact) mass is 420 g/mol. The van der Waals surface area contributed by atoms with Crippen LogP contribution in [0.15, 0.2) is 53.7 Å². The summed E-state index contributed by atoms with van der Waals surface area (Å²) in [5, 5.41) is 12.8. The van der Waals surface area contributed by atoms with Gasteiger partial charge in [-0.25, -0.2) is 0 Å². The topological polar surface area (TPSA) is 59.8 Å². The molecule has 0 fully saturated rings. The zero-order valence-corrected chi connectivity index (χ0v) is 17.1. The van der Waals surface area contributed by atoms with Crippen molar-refractivity contribution in [3.8, 4) is 17.1 Å². The third-order valence-corrected chi connectivity index (χ3v) is 5.41. The summed E-state index contributed by atoms with van der Waals surface area (Å²) < 4.78 is 1.90. The quantitative estimate of drug-likeness (QED) is 0.578. The van der Waals surface area contributed by atoms with Gasteiger partial charge >= 0.3 is 0 Å². The van der Waals surface area contributed by atoms with Crippen molar-refractivity contribution in [3.05, 3.63) is 58.6 Å². The summed E-state index contributed by atoms with van der Waals surface area (Å²) in [6.45, 7) is 4.32. The Kier molecular flexibility index (Phi) is 6.42. The van der Waals surface area contributed by atoms with Crippen LogP contribution in [-0.4, -0.2) is 32.5 Å². The minimum atomic E-state index is -0.315. The van der Waals surface area contributed by atoms with Crippen LogP contribution in [0.25, 0.3) is 17.1 Å². The Balaban J connectivity index is 2.07. The van der Waals surface area contributed by atoms with Gasteiger partial charge in [0, 0.05) is 22.8 Å². The summed E-state index contributed by atoms with van der Waals surface area (Å²) in [7, 11) is 0. The SMILES string of the molecule is CCNC(=O)C(C)Sc1nnc(-c2ccc(Cl)cc2Cl)n1-c1ccccc1. The van der Waals surface area contributed by atoms with Crippen molar-refractivity contribution < 1.29 is 4.79 Å². The van der Waals surface area contributed by atoms with E-state index in [1.807, 2.05) is 54.8 Å². The molecular weight excluding hydrogens is 403 g/mol. The second-order valence-electron chi connectivity index (χ2n) is 5.76. The second-order valence-corrected chi connectivity index (χ2v) is 7.91. The highest BCUT2D eigenvalue weighted by Crippen LogP contribution is 2.34. The molecule has 1 aromatic heterocycles. The minimum absolute atomic E-state index is 0.0452. The molecule has 0 radical (unpaired) electrons. The van der Waals surface area contributed by atoms with E-state index < -0.39 is 0 Å². The van der Waals surface area contributed by atoms with E-state index in [2.05, 4.69) is 15.5 Å². The fourth-order valence-corrected chi connectivity index (χ4v) is 3.92. The number of halogens is 2. The highest BCUT2D eigenvalue weighted by molar-refractivity contribution is 8.00. The number of rotatable bonds is 6. The number of benzene rings is 2. The van der Waals surface area contributed by atoms with Crippen LogP contribution >= 0.6 is 35.0 Å². The van der Waals surface area contributed by atoms with E-state index >= 15 is 0 Å². The van der Waals surface area contributed by atoms with Gasteiger partial charge in [0.25, 0.3) is 0 Å². The van der Waals surface area contributed by atoms with Gasteiger partial charge in [-0.15, -0.1) is 10.2 Å². The van der Waals surface area contributed by atoms with E-state index in [1.54, 1.807) is 12.1 Å². The molecule has 1 atom stereocenters. The van der Waals surface area contributed by atoms with Crippen LogP contribution in [0.2, 0.25) is 10.0 Å². The Labute approximate surface area is 172 Å². The van der Waals surface area contributed by atoms with Crippen LogP contribution < -0.4 is 5.32 Å². The summed E-state index contributed by atoms with van der Waals surface area (Å²) in [4.78, 5) is 12.1. The smallest absolute Gasteiger partial charge is 0.233 e. The number of hydrogen-bond donors (Lipinski definition) is 1. The summed E-state index contributed by atoms with van der Waals surface area (Å²) in [6.07, 6.45) is 0. The molecule has 0 aliphatic rings. The van der Waals surface area contributed by atoms with E-state index in [-0.39, 0.29) is 11.2 Å². The largest absolute Gasteiger partial charge is 0.355 e. The average molecular weight is 421 g/mol. The molecule has 3 aromatic rings. The standard InChI is InChI=1S/C19H18Cl2N4OS/c1-3-22-18(26)12(2)27-19-24-23-17(15-10-9-13(20)11-16(15)21)25(19)14-7-5-4-6-8-14/h4-12H,3H2,1-2H3,(H,22,26). The van der Waals surface area contributed by atoms with Gasteiger partial charge < -0.3 is 5.32 Å². The predicted molar refractivity (Wildman–Crippen MR) is 111 cm³/mol. The predicted octanol–water partition coefficient (Wildman–Crippen LogP) is 4.86. The fraction of sp³-hybridized carbons (Fsp3) is 0.211. The number of nitrogens with one attached hydrogen (secondary N) is 1. The third-order valence-electron chi connectivity index (χ3n) is 3.82. The molecule has 1 unspecified atom stereocenters. The molecular formula is C19H18Cl2N4OS. The van der Waals surface area contributed by atoms with Crippen molar-refractivity contribution in [2.75, 3.05) is 6.54 Å². The lowest BCUT2D eigenvalue weighted by atomic mass is 10.2. The van der Waals surface area contributed by atoms with E-state index in [9.17, 15) is 4.79 Å². The second kappa shape index (κ2) is 8.78. The summed E-state index contributed by atoms with van der Waals surface area (Å²) in [5.74, 6) is 0.546. The van der Waals surface area contributed by atoms with Gasteiger partial charge in [0.2, 0.25) is 5.91 Å². The maximum atomic E-state index is 12.1. The number of nitrogens with zero attached hydrogens (tertiary/aromatic N) is 3. The van der Waals surface area contributed by atoms with Crippen LogP contribution in [0.1, 0.15) is 13.8 Å². The molecule has 27 heavy (non-hydrogen) atoms. The van der Waals surface area contributed by atoms with Gasteiger partial charge in [0.15, 0.2) is 11.0 Å². The first-order valence-electron chi connectivity index (χ1n) is 8.42. The van der Waals surface area contributed by atoms with Crippen LogP contribution in [-0.2, 0) is 4.79 Å². The van der Waals surface area contributed by atoms with Gasteiger partial charge in [0.05, 0.1) is 10.3 Å². The molecule has 0 aliphatic heterocycles. The molecule has 0 saturated carbocycles. The molecule has 0 spiro atoms. The highest BCUT2D eigenvalue weighted by Gasteiger charge is 2.22. The van der Waals surface area contributed by atoms with Gasteiger partial charge in [-0.05, 0) is 44.2 Å². The third kappa shape index (κ3) is 4.46. The number of carbonyl (C=O) groups is 1. The molecule has 0 bridgehead atoms. The number of amides is 1. The molecule has 0 aliphatic carbocycles. The average Bonchev–Trinajstić information content (AvgIpc) is 3.05. The Hall–Kier alpha value is -2.02.